The summed E-state index contributed by atoms with van der Waals surface area (Å²) in [6, 6.07) is 10.5. The number of aryl methyl sites for hydroxylation is 1. The Morgan fingerprint density at radius 3 is 2.42 bits per heavy atom. The molecule has 2 aromatic rings. The number of halogens is 3. The molecule has 1 atom stereocenters. The second-order valence-corrected chi connectivity index (χ2v) is 8.66. The van der Waals surface area contributed by atoms with E-state index in [2.05, 4.69) is 12.0 Å². The minimum absolute atomic E-state index is 0.204. The number of benzene rings is 2. The predicted octanol–water partition coefficient (Wildman–Crippen LogP) is 5.86. The number of rotatable bonds is 9. The SMILES string of the molecule is C/C(CC(C)Sc1ccc(OCC(=O)O)c(C)c1)=N/N(C)c1ccc(C(F)(F)F)cc1. The molecule has 0 saturated heterocycles. The van der Waals surface area contributed by atoms with Crippen LogP contribution in [0.3, 0.4) is 0 Å². The molecule has 0 heterocycles. The van der Waals surface area contributed by atoms with Crippen LogP contribution in [-0.2, 0) is 11.0 Å². The molecule has 0 fully saturated rings. The van der Waals surface area contributed by atoms with Gasteiger partial charge < -0.3 is 9.84 Å². The summed E-state index contributed by atoms with van der Waals surface area (Å²) < 4.78 is 43.3. The van der Waals surface area contributed by atoms with Gasteiger partial charge in [-0.15, -0.1) is 11.8 Å². The lowest BCUT2D eigenvalue weighted by molar-refractivity contribution is -0.139. The van der Waals surface area contributed by atoms with Crippen LogP contribution in [-0.4, -0.2) is 35.7 Å². The van der Waals surface area contributed by atoms with E-state index in [-0.39, 0.29) is 11.9 Å². The molecular weight excluding hydrogens is 429 g/mol. The number of aliphatic carboxylic acids is 1. The Bertz CT molecular complexity index is 931. The Hall–Kier alpha value is -2.68. The van der Waals surface area contributed by atoms with Crippen molar-refractivity contribution in [2.75, 3.05) is 18.7 Å². The third-order valence-corrected chi connectivity index (χ3v) is 5.40. The number of hydrogen-bond donors (Lipinski definition) is 1. The molecule has 0 radical (unpaired) electrons. The summed E-state index contributed by atoms with van der Waals surface area (Å²) in [5.41, 5.74) is 1.58. The van der Waals surface area contributed by atoms with Gasteiger partial charge >= 0.3 is 12.1 Å². The van der Waals surface area contributed by atoms with Gasteiger partial charge in [-0.2, -0.15) is 18.3 Å². The minimum Gasteiger partial charge on any atom is -0.482 e. The number of carbonyl (C=O) groups is 1. The molecule has 168 valence electrons. The highest BCUT2D eigenvalue weighted by molar-refractivity contribution is 8.00. The molecule has 0 amide bonds. The van der Waals surface area contributed by atoms with Gasteiger partial charge in [-0.3, -0.25) is 5.01 Å². The smallest absolute Gasteiger partial charge is 0.416 e. The summed E-state index contributed by atoms with van der Waals surface area (Å²) in [7, 11) is 1.70. The summed E-state index contributed by atoms with van der Waals surface area (Å²) in [5.74, 6) is -0.488. The highest BCUT2D eigenvalue weighted by Crippen LogP contribution is 2.31. The van der Waals surface area contributed by atoms with E-state index in [1.54, 1.807) is 29.9 Å². The third-order valence-electron chi connectivity index (χ3n) is 4.31. The lowest BCUT2D eigenvalue weighted by atomic mass is 10.2. The van der Waals surface area contributed by atoms with Crippen LogP contribution in [0.1, 0.15) is 31.4 Å². The molecule has 9 heteroatoms. The zero-order chi connectivity index (χ0) is 23.2. The number of thioether (sulfide) groups is 1. The Balaban J connectivity index is 1.95. The van der Waals surface area contributed by atoms with Crippen molar-refractivity contribution in [1.82, 2.24) is 0 Å². The number of anilines is 1. The maximum Gasteiger partial charge on any atom is 0.416 e. The van der Waals surface area contributed by atoms with Crippen LogP contribution in [0.4, 0.5) is 18.9 Å². The summed E-state index contributed by atoms with van der Waals surface area (Å²) in [4.78, 5) is 11.7. The maximum atomic E-state index is 12.7. The topological polar surface area (TPSA) is 62.1 Å². The van der Waals surface area contributed by atoms with E-state index in [1.807, 2.05) is 26.0 Å². The summed E-state index contributed by atoms with van der Waals surface area (Å²) in [6.07, 6.45) is -3.67. The van der Waals surface area contributed by atoms with Crippen molar-refractivity contribution >= 4 is 29.1 Å². The van der Waals surface area contributed by atoms with E-state index >= 15 is 0 Å². The van der Waals surface area contributed by atoms with Gasteiger partial charge in [-0.25, -0.2) is 4.79 Å². The molecule has 31 heavy (non-hydrogen) atoms. The summed E-state index contributed by atoms with van der Waals surface area (Å²) in [6.45, 7) is 5.42. The molecule has 0 aliphatic rings. The first-order chi connectivity index (χ1) is 14.5. The van der Waals surface area contributed by atoms with Gasteiger partial charge in [0.2, 0.25) is 0 Å². The normalized spacial score (nSPS) is 13.1. The molecule has 0 saturated carbocycles. The van der Waals surface area contributed by atoms with Crippen LogP contribution in [0.5, 0.6) is 5.75 Å². The fourth-order valence-corrected chi connectivity index (χ4v) is 4.09. The fraction of sp³-hybridized carbons (Fsp3) is 0.364. The number of alkyl halides is 3. The van der Waals surface area contributed by atoms with Crippen molar-refractivity contribution < 1.29 is 27.8 Å². The van der Waals surface area contributed by atoms with E-state index in [0.29, 0.717) is 17.9 Å². The van der Waals surface area contributed by atoms with Crippen LogP contribution >= 0.6 is 11.8 Å². The van der Waals surface area contributed by atoms with Crippen molar-refractivity contribution in [2.24, 2.45) is 5.10 Å². The van der Waals surface area contributed by atoms with Gasteiger partial charge in [-0.1, -0.05) is 6.92 Å². The van der Waals surface area contributed by atoms with Gasteiger partial charge in [-0.05, 0) is 68.3 Å². The number of ether oxygens (including phenoxy) is 1. The first-order valence-electron chi connectivity index (χ1n) is 9.52. The van der Waals surface area contributed by atoms with Gasteiger partial charge in [0.25, 0.3) is 0 Å². The van der Waals surface area contributed by atoms with Crippen LogP contribution in [0.25, 0.3) is 0 Å². The van der Waals surface area contributed by atoms with Crippen molar-refractivity contribution in [3.63, 3.8) is 0 Å². The van der Waals surface area contributed by atoms with Crippen LogP contribution in [0, 0.1) is 6.92 Å². The average molecular weight is 455 g/mol. The van der Waals surface area contributed by atoms with E-state index in [9.17, 15) is 18.0 Å². The summed E-state index contributed by atoms with van der Waals surface area (Å²) >= 11 is 1.65. The standard InChI is InChI=1S/C22H25F3N2O3S/c1-14-11-19(9-10-20(14)30-13-21(28)29)31-16(3)12-15(2)26-27(4)18-7-5-17(6-8-18)22(23,24)25/h5-11,16H,12-13H2,1-4H3,(H,28,29)/b26-15-. The first-order valence-corrected chi connectivity index (χ1v) is 10.4. The van der Waals surface area contributed by atoms with E-state index in [0.717, 1.165) is 28.3 Å². The monoisotopic (exact) mass is 454 g/mol. The molecule has 2 aromatic carbocycles. The summed E-state index contributed by atoms with van der Waals surface area (Å²) in [5, 5.41) is 15.0. The molecule has 0 aliphatic carbocycles. The van der Waals surface area contributed by atoms with Gasteiger partial charge in [0, 0.05) is 22.9 Å². The van der Waals surface area contributed by atoms with Crippen molar-refractivity contribution in [2.45, 2.75) is 43.5 Å². The molecule has 5 nitrogen and oxygen atoms in total. The fourth-order valence-electron chi connectivity index (χ4n) is 2.91. The Morgan fingerprint density at radius 2 is 1.87 bits per heavy atom. The molecule has 0 spiro atoms. The molecule has 2 rings (SSSR count). The number of hydrogen-bond acceptors (Lipinski definition) is 5. The van der Waals surface area contributed by atoms with Gasteiger partial charge in [0.05, 0.1) is 11.3 Å². The highest BCUT2D eigenvalue weighted by Gasteiger charge is 2.30. The maximum absolute atomic E-state index is 12.7. The second-order valence-electron chi connectivity index (χ2n) is 7.15. The molecular formula is C22H25F3N2O3S. The number of carboxylic acid groups (broad SMARTS) is 1. The largest absolute Gasteiger partial charge is 0.482 e. The van der Waals surface area contributed by atoms with Crippen molar-refractivity contribution in [3.05, 3.63) is 53.6 Å². The molecule has 0 aromatic heterocycles. The molecule has 1 N–H and O–H groups in total. The van der Waals surface area contributed by atoms with E-state index in [1.165, 1.54) is 12.1 Å². The average Bonchev–Trinajstić information content (AvgIpc) is 2.66. The predicted molar refractivity (Wildman–Crippen MR) is 117 cm³/mol. The lowest BCUT2D eigenvalue weighted by Gasteiger charge is -2.17. The Kier molecular flexibility index (Phi) is 8.38. The second kappa shape index (κ2) is 10.6. The number of nitrogens with zero attached hydrogens (tertiary/aromatic N) is 2. The van der Waals surface area contributed by atoms with Crippen LogP contribution < -0.4 is 9.75 Å². The van der Waals surface area contributed by atoms with Crippen LogP contribution in [0.2, 0.25) is 0 Å². The molecule has 1 unspecified atom stereocenters. The lowest BCUT2D eigenvalue weighted by Crippen LogP contribution is -2.14. The van der Waals surface area contributed by atoms with Gasteiger partial charge in [0.1, 0.15) is 5.75 Å². The van der Waals surface area contributed by atoms with Crippen molar-refractivity contribution in [3.8, 4) is 5.75 Å². The zero-order valence-electron chi connectivity index (χ0n) is 17.7. The molecule has 0 bridgehead atoms. The number of carboxylic acids is 1. The van der Waals surface area contributed by atoms with E-state index < -0.39 is 17.7 Å². The first kappa shape index (κ1) is 24.6. The third kappa shape index (κ3) is 7.82. The van der Waals surface area contributed by atoms with Crippen molar-refractivity contribution in [1.29, 1.82) is 0 Å². The molecule has 0 aliphatic heterocycles. The highest BCUT2D eigenvalue weighted by atomic mass is 32.2. The minimum atomic E-state index is -4.36. The Morgan fingerprint density at radius 1 is 1.23 bits per heavy atom. The van der Waals surface area contributed by atoms with E-state index in [4.69, 9.17) is 9.84 Å². The van der Waals surface area contributed by atoms with Crippen LogP contribution in [0.15, 0.2) is 52.5 Å². The van der Waals surface area contributed by atoms with Gasteiger partial charge in [0.15, 0.2) is 6.61 Å². The zero-order valence-corrected chi connectivity index (χ0v) is 18.5. The number of hydrazone groups is 1. The quantitative estimate of drug-likeness (QED) is 0.292. The Labute approximate surface area is 183 Å².